The van der Waals surface area contributed by atoms with E-state index in [-0.39, 0.29) is 12.5 Å². The van der Waals surface area contributed by atoms with Crippen molar-refractivity contribution < 1.29 is 14.7 Å². The maximum Gasteiger partial charge on any atom is 0.320 e. The molecule has 1 saturated heterocycles. The summed E-state index contributed by atoms with van der Waals surface area (Å²) in [6, 6.07) is -0.528. The Morgan fingerprint density at radius 2 is 2.14 bits per heavy atom. The number of anilines is 1. The van der Waals surface area contributed by atoms with Crippen LogP contribution in [0, 0.1) is 0 Å². The van der Waals surface area contributed by atoms with Gasteiger partial charge in [0.05, 0.1) is 12.2 Å². The second-order valence-electron chi connectivity index (χ2n) is 5.61. The monoisotopic (exact) mass is 309 g/mol. The average Bonchev–Trinajstić information content (AvgIpc) is 3.03. The molecule has 0 spiro atoms. The molecule has 2 aliphatic rings. The van der Waals surface area contributed by atoms with Crippen LogP contribution in [-0.2, 0) is 22.4 Å². The Bertz CT molecular complexity index is 534. The van der Waals surface area contributed by atoms with Crippen molar-refractivity contribution in [2.24, 2.45) is 0 Å². The van der Waals surface area contributed by atoms with E-state index in [1.807, 2.05) is 0 Å². The summed E-state index contributed by atoms with van der Waals surface area (Å²) in [4.78, 5) is 30.6. The molecule has 114 valence electrons. The Kier molecular flexibility index (Phi) is 4.21. The molecule has 0 bridgehead atoms. The topological polar surface area (TPSA) is 82.5 Å². The minimum Gasteiger partial charge on any atom is -0.480 e. The Hall–Kier alpha value is -1.47. The van der Waals surface area contributed by atoms with Gasteiger partial charge in [0.1, 0.15) is 6.04 Å². The molecule has 1 fully saturated rings. The highest BCUT2D eigenvalue weighted by Gasteiger charge is 2.31. The molecule has 21 heavy (non-hydrogen) atoms. The van der Waals surface area contributed by atoms with Gasteiger partial charge in [0, 0.05) is 4.88 Å². The zero-order chi connectivity index (χ0) is 14.8. The molecule has 1 aliphatic heterocycles. The zero-order valence-electron chi connectivity index (χ0n) is 11.8. The quantitative estimate of drug-likeness (QED) is 0.881. The van der Waals surface area contributed by atoms with Crippen LogP contribution in [0.1, 0.15) is 36.3 Å². The predicted molar refractivity (Wildman–Crippen MR) is 79.6 cm³/mol. The minimum atomic E-state index is -0.843. The van der Waals surface area contributed by atoms with Crippen molar-refractivity contribution in [3.63, 3.8) is 0 Å². The first-order chi connectivity index (χ1) is 10.1. The van der Waals surface area contributed by atoms with Crippen molar-refractivity contribution in [2.75, 3.05) is 18.4 Å². The third-order valence-corrected chi connectivity index (χ3v) is 5.16. The summed E-state index contributed by atoms with van der Waals surface area (Å²) in [5, 5.41) is 12.6. The van der Waals surface area contributed by atoms with Gasteiger partial charge in [-0.2, -0.15) is 0 Å². The van der Waals surface area contributed by atoms with Gasteiger partial charge in [-0.1, -0.05) is 0 Å². The van der Waals surface area contributed by atoms with Crippen LogP contribution in [0.15, 0.2) is 0 Å². The summed E-state index contributed by atoms with van der Waals surface area (Å²) in [7, 11) is 0. The van der Waals surface area contributed by atoms with Gasteiger partial charge in [0.15, 0.2) is 5.13 Å². The van der Waals surface area contributed by atoms with Crippen LogP contribution in [-0.4, -0.2) is 46.0 Å². The lowest BCUT2D eigenvalue weighted by molar-refractivity contribution is -0.142. The SMILES string of the molecule is O=C(CN1CCC[C@@H]1C(=O)O)Nc1nc2c(s1)CCCC2. The number of likely N-dealkylation sites (tertiary alicyclic amines) is 1. The number of aryl methyl sites for hydroxylation is 2. The third-order valence-electron chi connectivity index (χ3n) is 4.09. The van der Waals surface area contributed by atoms with Crippen molar-refractivity contribution in [3.8, 4) is 0 Å². The number of amides is 1. The lowest BCUT2D eigenvalue weighted by Gasteiger charge is -2.19. The highest BCUT2D eigenvalue weighted by molar-refractivity contribution is 7.15. The Morgan fingerprint density at radius 1 is 1.33 bits per heavy atom. The van der Waals surface area contributed by atoms with E-state index in [9.17, 15) is 9.59 Å². The predicted octanol–water partition coefficient (Wildman–Crippen LogP) is 1.51. The zero-order valence-corrected chi connectivity index (χ0v) is 12.6. The van der Waals surface area contributed by atoms with E-state index in [4.69, 9.17) is 5.11 Å². The van der Waals surface area contributed by atoms with E-state index in [0.29, 0.717) is 18.1 Å². The molecular formula is C14H19N3O3S. The molecule has 1 atom stereocenters. The summed E-state index contributed by atoms with van der Waals surface area (Å²) in [5.74, 6) is -1.01. The van der Waals surface area contributed by atoms with Crippen LogP contribution >= 0.6 is 11.3 Å². The van der Waals surface area contributed by atoms with E-state index in [2.05, 4.69) is 10.3 Å². The number of aliphatic carboxylic acids is 1. The summed E-state index contributed by atoms with van der Waals surface area (Å²) < 4.78 is 0. The number of carbonyl (C=O) groups is 2. The number of nitrogens with one attached hydrogen (secondary N) is 1. The third kappa shape index (κ3) is 3.24. The first-order valence-electron chi connectivity index (χ1n) is 7.39. The largest absolute Gasteiger partial charge is 0.480 e. The van der Waals surface area contributed by atoms with Gasteiger partial charge >= 0.3 is 5.97 Å². The highest BCUT2D eigenvalue weighted by atomic mass is 32.1. The maximum absolute atomic E-state index is 12.1. The van der Waals surface area contributed by atoms with Crippen LogP contribution in [0.3, 0.4) is 0 Å². The number of carbonyl (C=O) groups excluding carboxylic acids is 1. The molecule has 3 rings (SSSR count). The molecule has 0 aromatic carbocycles. The fraction of sp³-hybridized carbons (Fsp3) is 0.643. The number of carboxylic acid groups (broad SMARTS) is 1. The molecule has 0 saturated carbocycles. The molecule has 1 aromatic rings. The number of hydrogen-bond donors (Lipinski definition) is 2. The van der Waals surface area contributed by atoms with E-state index >= 15 is 0 Å². The fourth-order valence-corrected chi connectivity index (χ4v) is 4.11. The lowest BCUT2D eigenvalue weighted by Crippen LogP contribution is -2.40. The van der Waals surface area contributed by atoms with E-state index in [0.717, 1.165) is 31.4 Å². The molecule has 1 aliphatic carbocycles. The van der Waals surface area contributed by atoms with Gasteiger partial charge in [0.2, 0.25) is 5.91 Å². The van der Waals surface area contributed by atoms with Gasteiger partial charge in [-0.3, -0.25) is 14.5 Å². The Labute approximate surface area is 127 Å². The fourth-order valence-electron chi connectivity index (χ4n) is 3.04. The van der Waals surface area contributed by atoms with Crippen LogP contribution in [0.4, 0.5) is 5.13 Å². The Balaban J connectivity index is 1.59. The number of carboxylic acids is 1. The van der Waals surface area contributed by atoms with Gasteiger partial charge in [-0.15, -0.1) is 11.3 Å². The number of hydrogen-bond acceptors (Lipinski definition) is 5. The number of aromatic nitrogens is 1. The first kappa shape index (κ1) is 14.5. The van der Waals surface area contributed by atoms with E-state index in [1.165, 1.54) is 11.3 Å². The number of rotatable bonds is 4. The summed E-state index contributed by atoms with van der Waals surface area (Å²) in [6.45, 7) is 0.792. The van der Waals surface area contributed by atoms with E-state index < -0.39 is 12.0 Å². The lowest BCUT2D eigenvalue weighted by atomic mass is 10.0. The van der Waals surface area contributed by atoms with Crippen molar-refractivity contribution in [2.45, 2.75) is 44.6 Å². The molecule has 2 N–H and O–H groups in total. The van der Waals surface area contributed by atoms with Crippen molar-refractivity contribution in [1.29, 1.82) is 0 Å². The standard InChI is InChI=1S/C14H19N3O3S/c18-12(8-17-7-3-5-10(17)13(19)20)16-14-15-9-4-1-2-6-11(9)21-14/h10H,1-8H2,(H,19,20)(H,15,16,18)/t10-/m1/s1. The van der Waals surface area contributed by atoms with Gasteiger partial charge in [0.25, 0.3) is 0 Å². The first-order valence-corrected chi connectivity index (χ1v) is 8.20. The molecule has 1 amide bonds. The van der Waals surface area contributed by atoms with Crippen molar-refractivity contribution in [1.82, 2.24) is 9.88 Å². The maximum atomic E-state index is 12.1. The number of nitrogens with zero attached hydrogens (tertiary/aromatic N) is 2. The molecule has 2 heterocycles. The Morgan fingerprint density at radius 3 is 2.90 bits per heavy atom. The summed E-state index contributed by atoms with van der Waals surface area (Å²) >= 11 is 1.55. The van der Waals surface area contributed by atoms with Crippen molar-refractivity contribution in [3.05, 3.63) is 10.6 Å². The normalized spacial score (nSPS) is 22.0. The van der Waals surface area contributed by atoms with Gasteiger partial charge in [-0.25, -0.2) is 4.98 Å². The second-order valence-corrected chi connectivity index (χ2v) is 6.69. The molecular weight excluding hydrogens is 290 g/mol. The van der Waals surface area contributed by atoms with Gasteiger partial charge in [-0.05, 0) is 45.1 Å². The number of fused-ring (bicyclic) bond motifs is 1. The van der Waals surface area contributed by atoms with Gasteiger partial charge < -0.3 is 10.4 Å². The van der Waals surface area contributed by atoms with Crippen molar-refractivity contribution >= 4 is 28.3 Å². The minimum absolute atomic E-state index is 0.126. The smallest absolute Gasteiger partial charge is 0.320 e. The van der Waals surface area contributed by atoms with E-state index in [1.54, 1.807) is 16.2 Å². The number of thiazole rings is 1. The summed E-state index contributed by atoms with van der Waals surface area (Å²) in [6.07, 6.45) is 5.85. The van der Waals surface area contributed by atoms with Crippen LogP contribution in [0.2, 0.25) is 0 Å². The van der Waals surface area contributed by atoms with Crippen LogP contribution in [0.5, 0.6) is 0 Å². The molecule has 0 radical (unpaired) electrons. The highest BCUT2D eigenvalue weighted by Crippen LogP contribution is 2.29. The average molecular weight is 309 g/mol. The molecule has 6 nitrogen and oxygen atoms in total. The summed E-state index contributed by atoms with van der Waals surface area (Å²) in [5.41, 5.74) is 1.12. The second kappa shape index (κ2) is 6.11. The molecule has 7 heteroatoms. The van der Waals surface area contributed by atoms with Crippen LogP contribution < -0.4 is 5.32 Å². The van der Waals surface area contributed by atoms with Crippen LogP contribution in [0.25, 0.3) is 0 Å². The molecule has 1 aromatic heterocycles. The molecule has 0 unspecified atom stereocenters.